The maximum atomic E-state index is 14.7. The van der Waals surface area contributed by atoms with Gasteiger partial charge in [0.1, 0.15) is 11.6 Å². The Morgan fingerprint density at radius 1 is 1.23 bits per heavy atom. The number of anilines is 1. The number of thioether (sulfide) groups is 1. The SMILES string of the molecule is CCOc1ccc(N=C2NC(=O)C(=Cc3cc(F)c(N4CCCC4)cc3C)S2)cc1. The number of ether oxygens (including phenoxy) is 1. The number of aryl methyl sites for hydroxylation is 1. The molecule has 2 aliphatic rings. The zero-order valence-electron chi connectivity index (χ0n) is 17.1. The van der Waals surface area contributed by atoms with Crippen molar-refractivity contribution in [3.05, 3.63) is 58.2 Å². The van der Waals surface area contributed by atoms with Gasteiger partial charge in [0.25, 0.3) is 5.91 Å². The minimum atomic E-state index is -0.249. The number of amidine groups is 1. The first-order valence-electron chi connectivity index (χ1n) is 10.1. The molecule has 2 aliphatic heterocycles. The fraction of sp³-hybridized carbons (Fsp3) is 0.304. The molecule has 0 aliphatic carbocycles. The standard InChI is InChI=1S/C23H24FN3O2S/c1-3-29-18-8-6-17(7-9-18)25-23-26-22(28)21(30-23)14-16-13-19(24)20(12-15(16)2)27-10-4-5-11-27/h6-9,12-14H,3-5,10-11H2,1-2H3,(H,25,26,28). The first-order valence-corrected chi connectivity index (χ1v) is 10.9. The van der Waals surface area contributed by atoms with Crippen molar-refractivity contribution in [2.75, 3.05) is 24.6 Å². The smallest absolute Gasteiger partial charge is 0.264 e. The van der Waals surface area contributed by atoms with E-state index in [0.717, 1.165) is 42.9 Å². The van der Waals surface area contributed by atoms with Gasteiger partial charge in [-0.05, 0) is 92.1 Å². The summed E-state index contributed by atoms with van der Waals surface area (Å²) < 4.78 is 20.1. The van der Waals surface area contributed by atoms with Crippen molar-refractivity contribution in [1.82, 2.24) is 5.32 Å². The lowest BCUT2D eigenvalue weighted by Crippen LogP contribution is -2.19. The van der Waals surface area contributed by atoms with Gasteiger partial charge in [-0.25, -0.2) is 9.38 Å². The van der Waals surface area contributed by atoms with E-state index in [9.17, 15) is 9.18 Å². The van der Waals surface area contributed by atoms with E-state index in [2.05, 4.69) is 15.2 Å². The Labute approximate surface area is 180 Å². The van der Waals surface area contributed by atoms with Gasteiger partial charge in [0, 0.05) is 13.1 Å². The van der Waals surface area contributed by atoms with E-state index in [1.807, 2.05) is 44.2 Å². The van der Waals surface area contributed by atoms with Crippen LogP contribution < -0.4 is 15.0 Å². The van der Waals surface area contributed by atoms with E-state index in [1.54, 1.807) is 6.08 Å². The highest BCUT2D eigenvalue weighted by Gasteiger charge is 2.24. The maximum Gasteiger partial charge on any atom is 0.264 e. The molecule has 0 bridgehead atoms. The molecule has 1 N–H and O–H groups in total. The molecule has 0 saturated carbocycles. The number of carbonyl (C=O) groups is 1. The van der Waals surface area contributed by atoms with Crippen molar-refractivity contribution in [3.63, 3.8) is 0 Å². The Bertz CT molecular complexity index is 1010. The highest BCUT2D eigenvalue weighted by atomic mass is 32.2. The summed E-state index contributed by atoms with van der Waals surface area (Å²) in [5.74, 6) is 0.300. The molecule has 7 heteroatoms. The summed E-state index contributed by atoms with van der Waals surface area (Å²) in [5, 5.41) is 3.28. The molecule has 156 valence electrons. The number of halogens is 1. The van der Waals surface area contributed by atoms with E-state index >= 15 is 0 Å². The van der Waals surface area contributed by atoms with Gasteiger partial charge in [0.15, 0.2) is 5.17 Å². The molecule has 2 heterocycles. The van der Waals surface area contributed by atoms with Gasteiger partial charge >= 0.3 is 0 Å². The van der Waals surface area contributed by atoms with Crippen molar-refractivity contribution < 1.29 is 13.9 Å². The summed E-state index contributed by atoms with van der Waals surface area (Å²) in [4.78, 5) is 19.4. The van der Waals surface area contributed by atoms with Crippen LogP contribution in [0.25, 0.3) is 6.08 Å². The molecule has 0 aromatic heterocycles. The average Bonchev–Trinajstić information content (AvgIpc) is 3.37. The highest BCUT2D eigenvalue weighted by molar-refractivity contribution is 8.18. The lowest BCUT2D eigenvalue weighted by atomic mass is 10.1. The average molecular weight is 426 g/mol. The molecule has 5 nitrogen and oxygen atoms in total. The van der Waals surface area contributed by atoms with Crippen LogP contribution in [0.4, 0.5) is 15.8 Å². The third kappa shape index (κ3) is 4.51. The molecule has 4 rings (SSSR count). The van der Waals surface area contributed by atoms with Crippen LogP contribution in [0.3, 0.4) is 0 Å². The van der Waals surface area contributed by atoms with Crippen LogP contribution in [0.1, 0.15) is 30.9 Å². The zero-order valence-corrected chi connectivity index (χ0v) is 17.9. The van der Waals surface area contributed by atoms with Gasteiger partial charge in [0.05, 0.1) is 22.9 Å². The summed E-state index contributed by atoms with van der Waals surface area (Å²) in [7, 11) is 0. The van der Waals surface area contributed by atoms with Crippen molar-refractivity contribution in [2.45, 2.75) is 26.7 Å². The summed E-state index contributed by atoms with van der Waals surface area (Å²) in [6.07, 6.45) is 3.92. The van der Waals surface area contributed by atoms with E-state index in [4.69, 9.17) is 4.74 Å². The molecule has 30 heavy (non-hydrogen) atoms. The topological polar surface area (TPSA) is 53.9 Å². The van der Waals surface area contributed by atoms with E-state index in [-0.39, 0.29) is 11.7 Å². The first-order chi connectivity index (χ1) is 14.5. The fourth-order valence-corrected chi connectivity index (χ4v) is 4.39. The third-order valence-electron chi connectivity index (χ3n) is 5.10. The van der Waals surface area contributed by atoms with E-state index in [0.29, 0.717) is 27.9 Å². The van der Waals surface area contributed by atoms with Gasteiger partial charge < -0.3 is 15.0 Å². The molecule has 2 aromatic carbocycles. The van der Waals surface area contributed by atoms with Crippen LogP contribution in [-0.2, 0) is 4.79 Å². The third-order valence-corrected chi connectivity index (χ3v) is 6.01. The number of nitrogens with zero attached hydrogens (tertiary/aromatic N) is 2. The van der Waals surface area contributed by atoms with E-state index < -0.39 is 0 Å². The Balaban J connectivity index is 1.53. The molecule has 1 amide bonds. The van der Waals surface area contributed by atoms with Gasteiger partial charge in [-0.2, -0.15) is 0 Å². The normalized spacial score (nSPS) is 19.0. The number of carbonyl (C=O) groups excluding carboxylic acids is 1. The fourth-order valence-electron chi connectivity index (χ4n) is 3.56. The molecule has 0 atom stereocenters. The molecule has 2 fully saturated rings. The van der Waals surface area contributed by atoms with Crippen molar-refractivity contribution in [3.8, 4) is 5.75 Å². The predicted molar refractivity (Wildman–Crippen MR) is 121 cm³/mol. The van der Waals surface area contributed by atoms with Crippen LogP contribution >= 0.6 is 11.8 Å². The second kappa shape index (κ2) is 8.92. The van der Waals surface area contributed by atoms with Gasteiger partial charge in [-0.15, -0.1) is 0 Å². The summed E-state index contributed by atoms with van der Waals surface area (Å²) in [6.45, 7) is 6.26. The summed E-state index contributed by atoms with van der Waals surface area (Å²) in [5.41, 5.74) is 3.01. The lowest BCUT2D eigenvalue weighted by Gasteiger charge is -2.19. The van der Waals surface area contributed by atoms with Crippen molar-refractivity contribution >= 4 is 40.3 Å². The molecule has 2 saturated heterocycles. The molecular formula is C23H24FN3O2S. The first kappa shape index (κ1) is 20.5. The molecule has 2 aromatic rings. The quantitative estimate of drug-likeness (QED) is 0.683. The number of rotatable bonds is 5. The number of aliphatic imine (C=N–C) groups is 1. The summed E-state index contributed by atoms with van der Waals surface area (Å²) in [6, 6.07) is 10.8. The van der Waals surface area contributed by atoms with Gasteiger partial charge in [-0.3, -0.25) is 4.79 Å². The van der Waals surface area contributed by atoms with Gasteiger partial charge in [-0.1, -0.05) is 0 Å². The minimum Gasteiger partial charge on any atom is -0.494 e. The second-order valence-corrected chi connectivity index (χ2v) is 8.29. The van der Waals surface area contributed by atoms with Crippen LogP contribution in [0.2, 0.25) is 0 Å². The molecular weight excluding hydrogens is 401 g/mol. The molecule has 0 unspecified atom stereocenters. The number of amides is 1. The number of hydrogen-bond donors (Lipinski definition) is 1. The van der Waals surface area contributed by atoms with E-state index in [1.165, 1.54) is 17.8 Å². The Morgan fingerprint density at radius 3 is 2.67 bits per heavy atom. The second-order valence-electron chi connectivity index (χ2n) is 7.26. The maximum absolute atomic E-state index is 14.7. The minimum absolute atomic E-state index is 0.229. The van der Waals surface area contributed by atoms with Crippen LogP contribution in [-0.4, -0.2) is 30.8 Å². The number of hydrogen-bond acceptors (Lipinski definition) is 5. The van der Waals surface area contributed by atoms with Crippen LogP contribution in [0, 0.1) is 12.7 Å². The van der Waals surface area contributed by atoms with Crippen molar-refractivity contribution in [1.29, 1.82) is 0 Å². The van der Waals surface area contributed by atoms with Crippen molar-refractivity contribution in [2.24, 2.45) is 4.99 Å². The molecule has 0 radical (unpaired) electrons. The van der Waals surface area contributed by atoms with Crippen LogP contribution in [0.5, 0.6) is 5.75 Å². The number of benzene rings is 2. The lowest BCUT2D eigenvalue weighted by molar-refractivity contribution is -0.115. The van der Waals surface area contributed by atoms with Gasteiger partial charge in [0.2, 0.25) is 0 Å². The highest BCUT2D eigenvalue weighted by Crippen LogP contribution is 2.32. The monoisotopic (exact) mass is 425 g/mol. The van der Waals surface area contributed by atoms with Crippen LogP contribution in [0.15, 0.2) is 46.3 Å². The summed E-state index contributed by atoms with van der Waals surface area (Å²) >= 11 is 1.25. The Morgan fingerprint density at radius 2 is 1.97 bits per heavy atom. The Hall–Kier alpha value is -2.80. The Kier molecular flexibility index (Phi) is 6.08. The predicted octanol–water partition coefficient (Wildman–Crippen LogP) is 5.02. The largest absolute Gasteiger partial charge is 0.494 e. The molecule has 0 spiro atoms. The number of nitrogens with one attached hydrogen (secondary N) is 1. The zero-order chi connectivity index (χ0) is 21.1.